The number of carbonyl (C=O) groups is 1. The number of benzene rings is 1. The van der Waals surface area contributed by atoms with E-state index in [1.165, 1.54) is 19.2 Å². The van der Waals surface area contributed by atoms with E-state index >= 15 is 0 Å². The molecule has 98 valence electrons. The van der Waals surface area contributed by atoms with Gasteiger partial charge in [0.2, 0.25) is 0 Å². The molecule has 1 N–H and O–H groups in total. The van der Waals surface area contributed by atoms with Crippen LogP contribution in [0.5, 0.6) is 0 Å². The molecule has 0 bridgehead atoms. The average molecular weight is 326 g/mol. The molecule has 0 aliphatic heterocycles. The summed E-state index contributed by atoms with van der Waals surface area (Å²) in [5.74, 6) is -0.573. The SMILES string of the molecule is COC(=O)c1[nH]nc(-c2cccc([N+](=O)[O-])c2)c1Br. The van der Waals surface area contributed by atoms with E-state index in [0.29, 0.717) is 15.7 Å². The van der Waals surface area contributed by atoms with Crippen LogP contribution in [0.25, 0.3) is 11.3 Å². The third-order valence-electron chi connectivity index (χ3n) is 2.43. The summed E-state index contributed by atoms with van der Waals surface area (Å²) in [7, 11) is 1.25. The van der Waals surface area contributed by atoms with Crippen molar-refractivity contribution in [3.8, 4) is 11.3 Å². The Balaban J connectivity index is 2.48. The van der Waals surface area contributed by atoms with Crippen molar-refractivity contribution in [1.82, 2.24) is 10.2 Å². The van der Waals surface area contributed by atoms with E-state index < -0.39 is 10.9 Å². The maximum absolute atomic E-state index is 11.4. The third kappa shape index (κ3) is 2.48. The number of halogens is 1. The molecular formula is C11H8BrN3O4. The fourth-order valence-corrected chi connectivity index (χ4v) is 2.09. The van der Waals surface area contributed by atoms with Gasteiger partial charge in [-0.3, -0.25) is 15.2 Å². The minimum Gasteiger partial charge on any atom is -0.464 e. The molecule has 1 aromatic carbocycles. The molecule has 0 saturated carbocycles. The van der Waals surface area contributed by atoms with E-state index in [9.17, 15) is 14.9 Å². The third-order valence-corrected chi connectivity index (χ3v) is 3.20. The fraction of sp³-hybridized carbons (Fsp3) is 0.0909. The lowest BCUT2D eigenvalue weighted by Crippen LogP contribution is -2.02. The molecule has 0 saturated heterocycles. The molecule has 2 aromatic rings. The number of ether oxygens (including phenoxy) is 1. The number of nitro benzene ring substituents is 1. The highest BCUT2D eigenvalue weighted by atomic mass is 79.9. The summed E-state index contributed by atoms with van der Waals surface area (Å²) in [5.41, 5.74) is 1.03. The number of hydrogen-bond acceptors (Lipinski definition) is 5. The number of H-pyrrole nitrogens is 1. The van der Waals surface area contributed by atoms with E-state index in [0.717, 1.165) is 0 Å². The maximum Gasteiger partial charge on any atom is 0.357 e. The van der Waals surface area contributed by atoms with Crippen LogP contribution in [0.15, 0.2) is 28.7 Å². The first kappa shape index (κ1) is 13.2. The van der Waals surface area contributed by atoms with Gasteiger partial charge in [-0.25, -0.2) is 4.79 Å². The van der Waals surface area contributed by atoms with Crippen molar-refractivity contribution in [2.24, 2.45) is 0 Å². The highest BCUT2D eigenvalue weighted by Gasteiger charge is 2.19. The van der Waals surface area contributed by atoms with Crippen molar-refractivity contribution >= 4 is 27.6 Å². The average Bonchev–Trinajstić information content (AvgIpc) is 2.80. The molecule has 0 unspecified atom stereocenters. The number of aromatic amines is 1. The molecule has 19 heavy (non-hydrogen) atoms. The number of non-ortho nitro benzene ring substituents is 1. The van der Waals surface area contributed by atoms with Gasteiger partial charge in [-0.2, -0.15) is 5.10 Å². The Kier molecular flexibility index (Phi) is 3.61. The predicted octanol–water partition coefficient (Wildman–Crippen LogP) is 2.53. The lowest BCUT2D eigenvalue weighted by atomic mass is 10.1. The molecule has 0 radical (unpaired) electrons. The van der Waals surface area contributed by atoms with Gasteiger partial charge in [0.1, 0.15) is 5.69 Å². The monoisotopic (exact) mass is 325 g/mol. The summed E-state index contributed by atoms with van der Waals surface area (Å²) in [5, 5.41) is 17.2. The number of hydrogen-bond donors (Lipinski definition) is 1. The van der Waals surface area contributed by atoms with Crippen molar-refractivity contribution in [3.63, 3.8) is 0 Å². The van der Waals surface area contributed by atoms with E-state index in [2.05, 4.69) is 30.9 Å². The number of nitrogens with one attached hydrogen (secondary N) is 1. The Morgan fingerprint density at radius 2 is 2.26 bits per heavy atom. The van der Waals surface area contributed by atoms with Crippen molar-refractivity contribution in [1.29, 1.82) is 0 Å². The second kappa shape index (κ2) is 5.19. The second-order valence-corrected chi connectivity index (χ2v) is 4.35. The summed E-state index contributed by atoms with van der Waals surface area (Å²) in [6.45, 7) is 0. The quantitative estimate of drug-likeness (QED) is 0.531. The number of nitrogens with zero attached hydrogens (tertiary/aromatic N) is 2. The number of aromatic nitrogens is 2. The van der Waals surface area contributed by atoms with Crippen LogP contribution in [-0.4, -0.2) is 28.2 Å². The number of nitro groups is 1. The van der Waals surface area contributed by atoms with Crippen LogP contribution in [0.4, 0.5) is 5.69 Å². The number of methoxy groups -OCH3 is 1. The van der Waals surface area contributed by atoms with E-state index in [-0.39, 0.29) is 11.4 Å². The van der Waals surface area contributed by atoms with Crippen LogP contribution in [0.2, 0.25) is 0 Å². The Bertz CT molecular complexity index is 653. The number of carbonyl (C=O) groups excluding carboxylic acids is 1. The normalized spacial score (nSPS) is 10.2. The Morgan fingerprint density at radius 3 is 2.89 bits per heavy atom. The molecule has 0 atom stereocenters. The van der Waals surface area contributed by atoms with Gasteiger partial charge in [0.15, 0.2) is 5.69 Å². The van der Waals surface area contributed by atoms with Gasteiger partial charge in [-0.05, 0) is 15.9 Å². The van der Waals surface area contributed by atoms with Gasteiger partial charge in [-0.1, -0.05) is 12.1 Å². The zero-order valence-corrected chi connectivity index (χ0v) is 11.3. The molecular weight excluding hydrogens is 318 g/mol. The fourth-order valence-electron chi connectivity index (χ4n) is 1.52. The first-order valence-electron chi connectivity index (χ1n) is 5.11. The topological polar surface area (TPSA) is 98.1 Å². The molecule has 0 fully saturated rings. The summed E-state index contributed by atoms with van der Waals surface area (Å²) in [4.78, 5) is 21.6. The minimum atomic E-state index is -0.573. The maximum atomic E-state index is 11.4. The van der Waals surface area contributed by atoms with Crippen LogP contribution in [-0.2, 0) is 4.74 Å². The van der Waals surface area contributed by atoms with Crippen molar-refractivity contribution < 1.29 is 14.5 Å². The standard InChI is InChI=1S/C11H8BrN3O4/c1-19-11(16)10-8(12)9(13-14-10)6-3-2-4-7(5-6)15(17)18/h2-5H,1H3,(H,13,14). The molecule has 0 amide bonds. The van der Waals surface area contributed by atoms with E-state index in [4.69, 9.17) is 0 Å². The minimum absolute atomic E-state index is 0.0491. The largest absolute Gasteiger partial charge is 0.464 e. The van der Waals surface area contributed by atoms with Crippen LogP contribution >= 0.6 is 15.9 Å². The van der Waals surface area contributed by atoms with Gasteiger partial charge < -0.3 is 4.74 Å². The Morgan fingerprint density at radius 1 is 1.53 bits per heavy atom. The van der Waals surface area contributed by atoms with Crippen LogP contribution in [0, 0.1) is 10.1 Å². The van der Waals surface area contributed by atoms with Gasteiger partial charge in [0, 0.05) is 17.7 Å². The van der Waals surface area contributed by atoms with Crippen LogP contribution in [0.1, 0.15) is 10.5 Å². The van der Waals surface area contributed by atoms with Gasteiger partial charge in [0.05, 0.1) is 16.5 Å². The second-order valence-electron chi connectivity index (χ2n) is 3.56. The Labute approximate surface area is 115 Å². The molecule has 8 heteroatoms. The molecule has 2 rings (SSSR count). The molecule has 0 aliphatic carbocycles. The van der Waals surface area contributed by atoms with Gasteiger partial charge >= 0.3 is 5.97 Å². The van der Waals surface area contributed by atoms with Crippen molar-refractivity contribution in [2.45, 2.75) is 0 Å². The summed E-state index contributed by atoms with van der Waals surface area (Å²) < 4.78 is 4.98. The zero-order valence-electron chi connectivity index (χ0n) is 9.71. The predicted molar refractivity (Wildman–Crippen MR) is 69.7 cm³/mol. The van der Waals surface area contributed by atoms with Crippen LogP contribution < -0.4 is 0 Å². The van der Waals surface area contributed by atoms with Gasteiger partial charge in [-0.15, -0.1) is 0 Å². The summed E-state index contributed by atoms with van der Waals surface area (Å²) >= 11 is 3.23. The highest BCUT2D eigenvalue weighted by Crippen LogP contribution is 2.30. The van der Waals surface area contributed by atoms with E-state index in [1.807, 2.05) is 0 Å². The number of esters is 1. The zero-order chi connectivity index (χ0) is 14.0. The highest BCUT2D eigenvalue weighted by molar-refractivity contribution is 9.10. The van der Waals surface area contributed by atoms with Gasteiger partial charge in [0.25, 0.3) is 5.69 Å². The smallest absolute Gasteiger partial charge is 0.357 e. The molecule has 7 nitrogen and oxygen atoms in total. The summed E-state index contributed by atoms with van der Waals surface area (Å²) in [6.07, 6.45) is 0. The molecule has 1 heterocycles. The van der Waals surface area contributed by atoms with Crippen molar-refractivity contribution in [3.05, 3.63) is 44.5 Å². The first-order chi connectivity index (χ1) is 9.04. The number of rotatable bonds is 3. The molecule has 0 aliphatic rings. The molecule has 1 aromatic heterocycles. The summed E-state index contributed by atoms with van der Waals surface area (Å²) in [6, 6.07) is 5.97. The Hall–Kier alpha value is -2.22. The molecule has 0 spiro atoms. The lowest BCUT2D eigenvalue weighted by Gasteiger charge is -1.98. The van der Waals surface area contributed by atoms with Crippen LogP contribution in [0.3, 0.4) is 0 Å². The lowest BCUT2D eigenvalue weighted by molar-refractivity contribution is -0.384. The van der Waals surface area contributed by atoms with Crippen molar-refractivity contribution in [2.75, 3.05) is 7.11 Å². The first-order valence-corrected chi connectivity index (χ1v) is 5.91. The van der Waals surface area contributed by atoms with E-state index in [1.54, 1.807) is 12.1 Å².